The summed E-state index contributed by atoms with van der Waals surface area (Å²) in [5.41, 5.74) is 0.905. The maximum absolute atomic E-state index is 12.8. The first-order valence-electron chi connectivity index (χ1n) is 8.72. The smallest absolute Gasteiger partial charge is 0.293 e. The van der Waals surface area contributed by atoms with E-state index in [-0.39, 0.29) is 17.5 Å². The van der Waals surface area contributed by atoms with Crippen LogP contribution >= 0.6 is 23.4 Å². The lowest BCUT2D eigenvalue weighted by Gasteiger charge is -2.16. The summed E-state index contributed by atoms with van der Waals surface area (Å²) in [5.74, 6) is 0.196. The first-order valence-corrected chi connectivity index (χ1v) is 10.1. The lowest BCUT2D eigenvalue weighted by molar-refractivity contribution is 0.102. The van der Waals surface area contributed by atoms with Crippen molar-refractivity contribution in [1.82, 2.24) is 14.1 Å². The van der Waals surface area contributed by atoms with Gasteiger partial charge in [-0.05, 0) is 35.7 Å². The molecule has 0 saturated carbocycles. The van der Waals surface area contributed by atoms with E-state index >= 15 is 0 Å². The Labute approximate surface area is 171 Å². The highest BCUT2D eigenvalue weighted by Gasteiger charge is 2.20. The van der Waals surface area contributed by atoms with E-state index in [1.165, 1.54) is 23.4 Å². The Hall–Kier alpha value is -2.38. The quantitative estimate of drug-likeness (QED) is 0.470. The molecule has 6 nitrogen and oxygen atoms in total. The van der Waals surface area contributed by atoms with Gasteiger partial charge in [0.25, 0.3) is 5.56 Å². The maximum atomic E-state index is 12.8. The monoisotopic (exact) mass is 417 g/mol. The average molecular weight is 418 g/mol. The molecule has 0 aliphatic heterocycles. The summed E-state index contributed by atoms with van der Waals surface area (Å²) in [6.45, 7) is 4.00. The summed E-state index contributed by atoms with van der Waals surface area (Å²) in [6.07, 6.45) is 1.68. The van der Waals surface area contributed by atoms with Gasteiger partial charge in [0.2, 0.25) is 0 Å². The van der Waals surface area contributed by atoms with Crippen molar-refractivity contribution in [2.24, 2.45) is 14.1 Å². The molecule has 0 fully saturated rings. The number of hydrogen-bond acceptors (Lipinski definition) is 5. The van der Waals surface area contributed by atoms with Gasteiger partial charge in [-0.2, -0.15) is 0 Å². The number of hydrogen-bond donors (Lipinski definition) is 0. The molecule has 2 heterocycles. The summed E-state index contributed by atoms with van der Waals surface area (Å²) >= 11 is 7.18. The molecule has 0 N–H and O–H groups in total. The number of pyridine rings is 1. The standard InChI is InChI=1S/C20H20ClN3O3S/c1-11(2)14-9-22-18-16(19(26)24(4)20(27)23(18)3)17(14)28-10-15(25)12-5-7-13(21)8-6-12/h5-9,11H,10H2,1-4H3. The van der Waals surface area contributed by atoms with Crippen molar-refractivity contribution in [3.63, 3.8) is 0 Å². The predicted molar refractivity (Wildman–Crippen MR) is 113 cm³/mol. The molecule has 0 unspecified atom stereocenters. The van der Waals surface area contributed by atoms with E-state index in [4.69, 9.17) is 11.6 Å². The molecule has 28 heavy (non-hydrogen) atoms. The zero-order chi connectivity index (χ0) is 20.6. The Morgan fingerprint density at radius 2 is 1.79 bits per heavy atom. The Balaban J connectivity index is 2.11. The van der Waals surface area contributed by atoms with Crippen LogP contribution in [0.1, 0.15) is 35.7 Å². The van der Waals surface area contributed by atoms with Gasteiger partial charge in [-0.15, -0.1) is 11.8 Å². The maximum Gasteiger partial charge on any atom is 0.332 e. The Morgan fingerprint density at radius 1 is 1.14 bits per heavy atom. The number of Topliss-reactive ketones (excluding diaryl/α,β-unsaturated/α-hetero) is 1. The highest BCUT2D eigenvalue weighted by Crippen LogP contribution is 2.32. The van der Waals surface area contributed by atoms with Crippen LogP contribution in [0.5, 0.6) is 0 Å². The number of halogens is 1. The molecule has 0 aliphatic rings. The Morgan fingerprint density at radius 3 is 2.39 bits per heavy atom. The van der Waals surface area contributed by atoms with Gasteiger partial charge in [0.05, 0.1) is 11.1 Å². The number of carbonyl (C=O) groups excluding carboxylic acids is 1. The molecule has 3 aromatic rings. The summed E-state index contributed by atoms with van der Waals surface area (Å²) in [4.78, 5) is 42.7. The molecular formula is C20H20ClN3O3S. The highest BCUT2D eigenvalue weighted by molar-refractivity contribution is 8.00. The number of carbonyl (C=O) groups is 1. The van der Waals surface area contributed by atoms with Crippen molar-refractivity contribution in [2.45, 2.75) is 24.7 Å². The number of rotatable bonds is 5. The fraction of sp³-hybridized carbons (Fsp3) is 0.300. The number of fused-ring (bicyclic) bond motifs is 1. The molecule has 146 valence electrons. The van der Waals surface area contributed by atoms with Gasteiger partial charge in [0.1, 0.15) is 5.65 Å². The highest BCUT2D eigenvalue weighted by atomic mass is 35.5. The van der Waals surface area contributed by atoms with Crippen molar-refractivity contribution >= 4 is 40.2 Å². The molecule has 0 radical (unpaired) electrons. The third kappa shape index (κ3) is 3.64. The third-order valence-electron chi connectivity index (χ3n) is 4.58. The van der Waals surface area contributed by atoms with Gasteiger partial charge < -0.3 is 0 Å². The van der Waals surface area contributed by atoms with Crippen LogP contribution in [0.2, 0.25) is 5.02 Å². The van der Waals surface area contributed by atoms with Crippen LogP contribution < -0.4 is 11.2 Å². The van der Waals surface area contributed by atoms with E-state index in [0.717, 1.165) is 10.1 Å². The van der Waals surface area contributed by atoms with Gasteiger partial charge in [-0.1, -0.05) is 25.4 Å². The summed E-state index contributed by atoms with van der Waals surface area (Å²) in [7, 11) is 3.03. The SMILES string of the molecule is CC(C)c1cnc2c(c1SCC(=O)c1ccc(Cl)cc1)c(=O)n(C)c(=O)n2C. The van der Waals surface area contributed by atoms with Crippen LogP contribution in [0.3, 0.4) is 0 Å². The van der Waals surface area contributed by atoms with Gasteiger partial charge >= 0.3 is 5.69 Å². The fourth-order valence-corrected chi connectivity index (χ4v) is 4.29. The van der Waals surface area contributed by atoms with Gasteiger partial charge in [0.15, 0.2) is 5.78 Å². The normalized spacial score (nSPS) is 11.4. The van der Waals surface area contributed by atoms with Crippen LogP contribution in [0.4, 0.5) is 0 Å². The van der Waals surface area contributed by atoms with E-state index < -0.39 is 11.2 Å². The molecule has 3 rings (SSSR count). The molecule has 1 aromatic carbocycles. The van der Waals surface area contributed by atoms with Crippen LogP contribution in [-0.2, 0) is 14.1 Å². The van der Waals surface area contributed by atoms with E-state index in [2.05, 4.69) is 4.98 Å². The molecule has 0 bridgehead atoms. The predicted octanol–water partition coefficient (Wildman–Crippen LogP) is 3.38. The second kappa shape index (κ2) is 7.93. The first kappa shape index (κ1) is 20.4. The molecule has 8 heteroatoms. The lowest BCUT2D eigenvalue weighted by atomic mass is 10.0. The van der Waals surface area contributed by atoms with E-state index in [0.29, 0.717) is 26.5 Å². The van der Waals surface area contributed by atoms with Crippen molar-refractivity contribution in [2.75, 3.05) is 5.75 Å². The van der Waals surface area contributed by atoms with Crippen LogP contribution in [0.15, 0.2) is 44.9 Å². The number of benzene rings is 1. The minimum Gasteiger partial charge on any atom is -0.293 e. The lowest BCUT2D eigenvalue weighted by Crippen LogP contribution is -2.37. The van der Waals surface area contributed by atoms with Crippen LogP contribution in [0, 0.1) is 0 Å². The Kier molecular flexibility index (Phi) is 5.76. The number of aromatic nitrogens is 3. The van der Waals surface area contributed by atoms with Crippen molar-refractivity contribution in [3.8, 4) is 0 Å². The van der Waals surface area contributed by atoms with E-state index in [1.807, 2.05) is 13.8 Å². The van der Waals surface area contributed by atoms with Crippen molar-refractivity contribution in [3.05, 3.63) is 67.4 Å². The topological polar surface area (TPSA) is 74.0 Å². The number of nitrogens with zero attached hydrogens (tertiary/aromatic N) is 3. The van der Waals surface area contributed by atoms with Gasteiger partial charge in [0, 0.05) is 35.8 Å². The van der Waals surface area contributed by atoms with E-state index in [9.17, 15) is 14.4 Å². The zero-order valence-electron chi connectivity index (χ0n) is 16.0. The van der Waals surface area contributed by atoms with Gasteiger partial charge in [-0.3, -0.25) is 18.7 Å². The molecule has 0 saturated heterocycles. The van der Waals surface area contributed by atoms with Gasteiger partial charge in [-0.25, -0.2) is 9.78 Å². The molecule has 0 aliphatic carbocycles. The summed E-state index contributed by atoms with van der Waals surface area (Å²) in [5, 5.41) is 0.931. The third-order valence-corrected chi connectivity index (χ3v) is 5.97. The fourth-order valence-electron chi connectivity index (χ4n) is 2.94. The van der Waals surface area contributed by atoms with E-state index in [1.54, 1.807) is 37.5 Å². The first-order chi connectivity index (χ1) is 13.2. The van der Waals surface area contributed by atoms with Crippen molar-refractivity contribution in [1.29, 1.82) is 0 Å². The second-order valence-electron chi connectivity index (χ2n) is 6.82. The largest absolute Gasteiger partial charge is 0.332 e. The summed E-state index contributed by atoms with van der Waals surface area (Å²) < 4.78 is 2.42. The summed E-state index contributed by atoms with van der Waals surface area (Å²) in [6, 6.07) is 6.71. The van der Waals surface area contributed by atoms with Crippen molar-refractivity contribution < 1.29 is 4.79 Å². The number of aryl methyl sites for hydroxylation is 1. The van der Waals surface area contributed by atoms with Crippen LogP contribution in [-0.4, -0.2) is 25.7 Å². The second-order valence-corrected chi connectivity index (χ2v) is 8.24. The molecule has 2 aromatic heterocycles. The molecule has 0 spiro atoms. The molecule has 0 atom stereocenters. The number of ketones is 1. The molecule has 0 amide bonds. The minimum absolute atomic E-state index is 0.0667. The van der Waals surface area contributed by atoms with Crippen LogP contribution in [0.25, 0.3) is 11.0 Å². The zero-order valence-corrected chi connectivity index (χ0v) is 17.6. The minimum atomic E-state index is -0.435. The number of thioether (sulfide) groups is 1. The Bertz CT molecular complexity index is 1180. The molecular weight excluding hydrogens is 398 g/mol. The average Bonchev–Trinajstić information content (AvgIpc) is 2.68.